The van der Waals surface area contributed by atoms with Crippen LogP contribution in [0.3, 0.4) is 0 Å². The quantitative estimate of drug-likeness (QED) is 0.495. The molecule has 160 valence electrons. The van der Waals surface area contributed by atoms with Gasteiger partial charge >= 0.3 is 5.97 Å². The number of amides is 1. The number of methoxy groups -OCH3 is 1. The van der Waals surface area contributed by atoms with Gasteiger partial charge in [-0.25, -0.2) is 4.79 Å². The highest BCUT2D eigenvalue weighted by atomic mass is 32.1. The molecule has 0 unspecified atom stereocenters. The molecule has 0 bridgehead atoms. The lowest BCUT2D eigenvalue weighted by molar-refractivity contribution is -0.134. The molecule has 1 aliphatic heterocycles. The fraction of sp³-hybridized carbons (Fsp3) is 0.273. The van der Waals surface area contributed by atoms with Crippen molar-refractivity contribution in [2.45, 2.75) is 6.42 Å². The average molecular weight is 439 g/mol. The second-order valence-electron chi connectivity index (χ2n) is 7.16. The largest absolute Gasteiger partial charge is 0.465 e. The third-order valence-corrected chi connectivity index (χ3v) is 5.52. The predicted molar refractivity (Wildman–Crippen MR) is 117 cm³/mol. The fourth-order valence-electron chi connectivity index (χ4n) is 3.56. The summed E-state index contributed by atoms with van der Waals surface area (Å²) in [5, 5.41) is 0.396. The molecule has 0 saturated carbocycles. The molecule has 1 aliphatic rings. The summed E-state index contributed by atoms with van der Waals surface area (Å²) in [6.45, 7) is 2.34. The average Bonchev–Trinajstić information content (AvgIpc) is 2.79. The Balaban J connectivity index is 1.62. The van der Waals surface area contributed by atoms with Gasteiger partial charge in [0.25, 0.3) is 5.56 Å². The van der Waals surface area contributed by atoms with Gasteiger partial charge in [0.15, 0.2) is 4.77 Å². The van der Waals surface area contributed by atoms with Crippen molar-refractivity contribution < 1.29 is 19.1 Å². The predicted octanol–water partition coefficient (Wildman–Crippen LogP) is 2.24. The van der Waals surface area contributed by atoms with Crippen LogP contribution in [-0.2, 0) is 20.7 Å². The van der Waals surface area contributed by atoms with Crippen molar-refractivity contribution in [1.29, 1.82) is 0 Å². The molecule has 1 aromatic heterocycles. The number of morpholine rings is 1. The summed E-state index contributed by atoms with van der Waals surface area (Å²) in [6, 6.07) is 11.8. The van der Waals surface area contributed by atoms with E-state index in [4.69, 9.17) is 21.7 Å². The van der Waals surface area contributed by atoms with Gasteiger partial charge in [-0.1, -0.05) is 12.1 Å². The Bertz CT molecular complexity index is 1260. The van der Waals surface area contributed by atoms with Crippen LogP contribution in [0.15, 0.2) is 47.3 Å². The van der Waals surface area contributed by atoms with Crippen molar-refractivity contribution in [2.75, 3.05) is 33.4 Å². The number of carbonyl (C=O) groups is 2. The van der Waals surface area contributed by atoms with E-state index < -0.39 is 5.97 Å². The molecule has 0 aliphatic carbocycles. The Hall–Kier alpha value is -3.30. The van der Waals surface area contributed by atoms with E-state index in [2.05, 4.69) is 4.98 Å². The van der Waals surface area contributed by atoms with Crippen LogP contribution >= 0.6 is 12.2 Å². The number of aromatic amines is 1. The lowest BCUT2D eigenvalue weighted by atomic mass is 10.1. The van der Waals surface area contributed by atoms with Crippen LogP contribution in [0.1, 0.15) is 15.9 Å². The molecule has 1 saturated heterocycles. The summed E-state index contributed by atoms with van der Waals surface area (Å²) in [6.07, 6.45) is 0.288. The van der Waals surface area contributed by atoms with Crippen molar-refractivity contribution in [3.8, 4) is 5.69 Å². The lowest BCUT2D eigenvalue weighted by Gasteiger charge is -2.26. The Kier molecular flexibility index (Phi) is 5.97. The van der Waals surface area contributed by atoms with Crippen molar-refractivity contribution in [2.24, 2.45) is 0 Å². The highest BCUT2D eigenvalue weighted by Gasteiger charge is 2.17. The van der Waals surface area contributed by atoms with E-state index in [0.717, 1.165) is 5.56 Å². The van der Waals surface area contributed by atoms with Gasteiger partial charge < -0.3 is 19.4 Å². The van der Waals surface area contributed by atoms with Crippen LogP contribution in [0.2, 0.25) is 0 Å². The number of ether oxygens (including phenoxy) is 2. The molecule has 31 heavy (non-hydrogen) atoms. The number of H-pyrrole nitrogens is 1. The number of hydrogen-bond donors (Lipinski definition) is 1. The third kappa shape index (κ3) is 4.28. The summed E-state index contributed by atoms with van der Waals surface area (Å²) >= 11 is 5.39. The zero-order valence-electron chi connectivity index (χ0n) is 16.9. The topological polar surface area (TPSA) is 93.6 Å². The summed E-state index contributed by atoms with van der Waals surface area (Å²) < 4.78 is 11.6. The minimum atomic E-state index is -0.493. The first-order valence-corrected chi connectivity index (χ1v) is 10.2. The molecule has 1 amide bonds. The Morgan fingerprint density at radius 1 is 1.13 bits per heavy atom. The number of hydrogen-bond acceptors (Lipinski definition) is 6. The number of carbonyl (C=O) groups excluding carboxylic acids is 2. The minimum absolute atomic E-state index is 0.0534. The third-order valence-electron chi connectivity index (χ3n) is 5.23. The normalized spacial score (nSPS) is 13.9. The van der Waals surface area contributed by atoms with Crippen molar-refractivity contribution in [3.63, 3.8) is 0 Å². The Morgan fingerprint density at radius 3 is 2.52 bits per heavy atom. The van der Waals surface area contributed by atoms with Crippen LogP contribution in [-0.4, -0.2) is 59.7 Å². The van der Waals surface area contributed by atoms with Gasteiger partial charge in [-0.15, -0.1) is 0 Å². The second-order valence-corrected chi connectivity index (χ2v) is 7.55. The summed E-state index contributed by atoms with van der Waals surface area (Å²) in [5.74, 6) is -0.440. The molecule has 3 aromatic rings. The number of fused-ring (bicyclic) bond motifs is 1. The molecule has 4 rings (SSSR count). The smallest absolute Gasteiger partial charge is 0.337 e. The van der Waals surface area contributed by atoms with Crippen molar-refractivity contribution in [3.05, 3.63) is 68.7 Å². The second kappa shape index (κ2) is 8.83. The first kappa shape index (κ1) is 21.0. The molecular formula is C22H21N3O5S. The Morgan fingerprint density at radius 2 is 1.84 bits per heavy atom. The van der Waals surface area contributed by atoms with E-state index in [1.807, 2.05) is 12.1 Å². The maximum Gasteiger partial charge on any atom is 0.337 e. The van der Waals surface area contributed by atoms with E-state index in [1.165, 1.54) is 17.7 Å². The SMILES string of the molecule is COC(=O)c1ccc2c(=O)n(-c3ccc(CC(=O)N4CCOCC4)cc3)c(=S)[nH]c2c1. The van der Waals surface area contributed by atoms with Crippen LogP contribution in [0, 0.1) is 4.77 Å². The molecule has 0 radical (unpaired) electrons. The van der Waals surface area contributed by atoms with Gasteiger partial charge in [0.1, 0.15) is 0 Å². The maximum atomic E-state index is 13.1. The van der Waals surface area contributed by atoms with E-state index in [1.54, 1.807) is 29.2 Å². The lowest BCUT2D eigenvalue weighted by Crippen LogP contribution is -2.41. The molecule has 8 nitrogen and oxygen atoms in total. The zero-order chi connectivity index (χ0) is 22.0. The first-order chi connectivity index (χ1) is 15.0. The Labute approximate surface area is 183 Å². The van der Waals surface area contributed by atoms with Crippen LogP contribution < -0.4 is 5.56 Å². The van der Waals surface area contributed by atoms with Gasteiger partial charge in [-0.2, -0.15) is 0 Å². The maximum absolute atomic E-state index is 13.1. The van der Waals surface area contributed by atoms with Gasteiger partial charge in [-0.05, 0) is 48.1 Å². The molecule has 2 aromatic carbocycles. The van der Waals surface area contributed by atoms with E-state index in [-0.39, 0.29) is 22.7 Å². The highest BCUT2D eigenvalue weighted by Crippen LogP contribution is 2.15. The standard InChI is InChI=1S/C22H21N3O5S/c1-29-21(28)15-4-7-17-18(13-15)23-22(31)25(20(17)27)16-5-2-14(3-6-16)12-19(26)24-8-10-30-11-9-24/h2-7,13H,8-12H2,1H3,(H,23,31). The van der Waals surface area contributed by atoms with Gasteiger partial charge in [0, 0.05) is 13.1 Å². The highest BCUT2D eigenvalue weighted by molar-refractivity contribution is 7.71. The van der Waals surface area contributed by atoms with Gasteiger partial charge in [0.2, 0.25) is 5.91 Å². The first-order valence-electron chi connectivity index (χ1n) is 9.80. The number of benzene rings is 2. The number of nitrogens with one attached hydrogen (secondary N) is 1. The molecule has 0 atom stereocenters. The van der Waals surface area contributed by atoms with Crippen LogP contribution in [0.5, 0.6) is 0 Å². The van der Waals surface area contributed by atoms with Crippen LogP contribution in [0.25, 0.3) is 16.6 Å². The van der Waals surface area contributed by atoms with E-state index >= 15 is 0 Å². The zero-order valence-corrected chi connectivity index (χ0v) is 17.7. The van der Waals surface area contributed by atoms with Crippen molar-refractivity contribution >= 4 is 35.0 Å². The van der Waals surface area contributed by atoms with Gasteiger partial charge in [0.05, 0.1) is 48.9 Å². The molecular weight excluding hydrogens is 418 g/mol. The van der Waals surface area contributed by atoms with Gasteiger partial charge in [-0.3, -0.25) is 14.2 Å². The summed E-state index contributed by atoms with van der Waals surface area (Å²) in [4.78, 5) is 42.0. The van der Waals surface area contributed by atoms with E-state index in [0.29, 0.717) is 48.5 Å². The molecule has 9 heteroatoms. The van der Waals surface area contributed by atoms with E-state index in [9.17, 15) is 14.4 Å². The number of nitrogens with zero attached hydrogens (tertiary/aromatic N) is 2. The molecule has 1 fully saturated rings. The fourth-order valence-corrected chi connectivity index (χ4v) is 3.86. The van der Waals surface area contributed by atoms with Crippen LogP contribution in [0.4, 0.5) is 0 Å². The summed E-state index contributed by atoms with van der Waals surface area (Å²) in [7, 11) is 1.30. The summed E-state index contributed by atoms with van der Waals surface area (Å²) in [5.41, 5.74) is 1.93. The monoisotopic (exact) mass is 439 g/mol. The number of rotatable bonds is 4. The number of esters is 1. The molecule has 2 heterocycles. The molecule has 0 spiro atoms. The minimum Gasteiger partial charge on any atom is -0.465 e. The number of aromatic nitrogens is 2. The van der Waals surface area contributed by atoms with Crippen molar-refractivity contribution in [1.82, 2.24) is 14.5 Å². The molecule has 1 N–H and O–H groups in total.